The predicted octanol–water partition coefficient (Wildman–Crippen LogP) is 4.40. The molecule has 2 aromatic carbocycles. The Balaban J connectivity index is 1.54. The third kappa shape index (κ3) is 10.3. The van der Waals surface area contributed by atoms with Crippen LogP contribution in [0, 0.1) is 17.0 Å². The van der Waals surface area contributed by atoms with Crippen molar-refractivity contribution in [2.75, 3.05) is 26.7 Å². The van der Waals surface area contributed by atoms with Crippen LogP contribution >= 0.6 is 0 Å². The smallest absolute Gasteiger partial charge is 0.410 e. The Kier molecular flexibility index (Phi) is 12.1. The highest BCUT2D eigenvalue weighted by molar-refractivity contribution is 5.92. The van der Waals surface area contributed by atoms with E-state index in [0.29, 0.717) is 31.5 Å². The van der Waals surface area contributed by atoms with Crippen LogP contribution in [0.25, 0.3) is 5.69 Å². The number of ether oxygens (including phenoxy) is 1. The lowest BCUT2D eigenvalue weighted by Crippen LogP contribution is -2.59. The number of tetrazole rings is 1. The van der Waals surface area contributed by atoms with Gasteiger partial charge in [0.05, 0.1) is 5.69 Å². The summed E-state index contributed by atoms with van der Waals surface area (Å²) < 4.78 is 32.5. The first-order valence-electron chi connectivity index (χ1n) is 17.0. The molecule has 0 saturated carbocycles. The van der Waals surface area contributed by atoms with Crippen molar-refractivity contribution < 1.29 is 32.7 Å². The summed E-state index contributed by atoms with van der Waals surface area (Å²) in [6, 6.07) is 9.12. The Labute approximate surface area is 297 Å². The number of hydrogen-bond donors (Lipinski definition) is 1. The molecule has 1 aliphatic heterocycles. The maximum Gasteiger partial charge on any atom is 0.410 e. The minimum Gasteiger partial charge on any atom is -0.444 e. The molecule has 1 aromatic heterocycles. The number of nitrogens with one attached hydrogen (secondary N) is 1. The molecule has 4 amide bonds. The molecular weight excluding hydrogens is 662 g/mol. The number of benzene rings is 2. The third-order valence-corrected chi connectivity index (χ3v) is 8.67. The number of nitrogens with zero attached hydrogens (tertiary/aromatic N) is 7. The summed E-state index contributed by atoms with van der Waals surface area (Å²) in [7, 11) is 1.47. The molecular formula is C36H48F2N8O5. The Bertz CT molecular complexity index is 1680. The van der Waals surface area contributed by atoms with Gasteiger partial charge in [-0.1, -0.05) is 32.9 Å². The van der Waals surface area contributed by atoms with Gasteiger partial charge in [-0.25, -0.2) is 13.6 Å². The van der Waals surface area contributed by atoms with Crippen LogP contribution in [0.1, 0.15) is 77.5 Å². The zero-order valence-corrected chi connectivity index (χ0v) is 30.5. The van der Waals surface area contributed by atoms with Gasteiger partial charge in [-0.2, -0.15) is 0 Å². The summed E-state index contributed by atoms with van der Waals surface area (Å²) in [4.78, 5) is 59.9. The SMILES string of the molecule is C[C@@H](C(=O)N[C@H](C(=O)N1CCC[C@H]1CN(CCc1ccc(F)cc1)C(=O)c1nnn(-c2ccc(F)cc2)n1)C(C)(C)C)N(C)C(=O)OC(C)(C)C. The van der Waals surface area contributed by atoms with E-state index in [1.165, 1.54) is 48.3 Å². The first kappa shape index (κ1) is 38.8. The van der Waals surface area contributed by atoms with E-state index in [-0.39, 0.29) is 30.6 Å². The van der Waals surface area contributed by atoms with Crippen LogP contribution in [0.3, 0.4) is 0 Å². The van der Waals surface area contributed by atoms with Gasteiger partial charge < -0.3 is 19.9 Å². The van der Waals surface area contributed by atoms with Crippen molar-refractivity contribution in [3.63, 3.8) is 0 Å². The second-order valence-corrected chi connectivity index (χ2v) is 14.9. The molecule has 0 radical (unpaired) electrons. The van der Waals surface area contributed by atoms with Gasteiger partial charge in [0.1, 0.15) is 29.3 Å². The molecule has 15 heteroatoms. The minimum absolute atomic E-state index is 0.138. The Hall–Kier alpha value is -4.95. The van der Waals surface area contributed by atoms with E-state index < -0.39 is 52.9 Å². The number of likely N-dealkylation sites (N-methyl/N-ethyl adjacent to an activating group) is 1. The van der Waals surface area contributed by atoms with Crippen molar-refractivity contribution in [1.82, 2.24) is 40.2 Å². The Morgan fingerprint density at radius 3 is 2.18 bits per heavy atom. The van der Waals surface area contributed by atoms with Crippen LogP contribution in [0.5, 0.6) is 0 Å². The quantitative estimate of drug-likeness (QED) is 0.309. The zero-order valence-electron chi connectivity index (χ0n) is 30.5. The highest BCUT2D eigenvalue weighted by Crippen LogP contribution is 2.27. The highest BCUT2D eigenvalue weighted by atomic mass is 19.1. The molecule has 51 heavy (non-hydrogen) atoms. The van der Waals surface area contributed by atoms with Gasteiger partial charge in [-0.3, -0.25) is 19.3 Å². The van der Waals surface area contributed by atoms with Crippen molar-refractivity contribution in [3.05, 3.63) is 71.6 Å². The van der Waals surface area contributed by atoms with Gasteiger partial charge in [0.15, 0.2) is 0 Å². The highest BCUT2D eigenvalue weighted by Gasteiger charge is 2.42. The number of carbonyl (C=O) groups excluding carboxylic acids is 4. The molecule has 1 N–H and O–H groups in total. The molecule has 2 heterocycles. The summed E-state index contributed by atoms with van der Waals surface area (Å²) >= 11 is 0. The molecule has 0 spiro atoms. The number of aromatic nitrogens is 4. The standard InChI is InChI=1S/C36H48F2N8O5/c1-23(43(8)34(50)51-36(5,6)7)31(47)39-29(35(2,3)4)32(48)45-20-9-10-28(45)22-44(21-19-24-11-13-25(37)14-12-24)33(49)30-40-42-46(41-30)27-17-15-26(38)16-18-27/h11-18,23,28-29H,9-10,19-22H2,1-8H3,(H,39,47)/t23-,28-,29+/m0/s1. The predicted molar refractivity (Wildman–Crippen MR) is 185 cm³/mol. The van der Waals surface area contributed by atoms with Gasteiger partial charge in [0.2, 0.25) is 11.8 Å². The van der Waals surface area contributed by atoms with Crippen LogP contribution in [-0.4, -0.2) is 109 Å². The van der Waals surface area contributed by atoms with E-state index in [1.54, 1.807) is 49.6 Å². The van der Waals surface area contributed by atoms with Crippen LogP contribution in [0.2, 0.25) is 0 Å². The van der Waals surface area contributed by atoms with Crippen molar-refractivity contribution in [3.8, 4) is 5.69 Å². The largest absolute Gasteiger partial charge is 0.444 e. The second-order valence-electron chi connectivity index (χ2n) is 14.9. The van der Waals surface area contributed by atoms with Crippen molar-refractivity contribution in [2.24, 2.45) is 5.41 Å². The number of hydrogen-bond acceptors (Lipinski definition) is 8. The molecule has 1 fully saturated rings. The summed E-state index contributed by atoms with van der Waals surface area (Å²) in [5, 5.41) is 15.1. The van der Waals surface area contributed by atoms with Gasteiger partial charge in [-0.05, 0) is 99.5 Å². The first-order chi connectivity index (χ1) is 23.8. The molecule has 3 aromatic rings. The average Bonchev–Trinajstić information content (AvgIpc) is 3.74. The van der Waals surface area contributed by atoms with E-state index in [1.807, 2.05) is 20.8 Å². The minimum atomic E-state index is -0.944. The fourth-order valence-electron chi connectivity index (χ4n) is 5.63. The van der Waals surface area contributed by atoms with Crippen molar-refractivity contribution in [2.45, 2.75) is 91.5 Å². The number of rotatable bonds is 11. The van der Waals surface area contributed by atoms with Crippen molar-refractivity contribution >= 4 is 23.8 Å². The van der Waals surface area contributed by atoms with Crippen LogP contribution in [0.15, 0.2) is 48.5 Å². The van der Waals surface area contributed by atoms with Crippen LogP contribution in [-0.2, 0) is 20.7 Å². The fraction of sp³-hybridized carbons (Fsp3) is 0.528. The molecule has 0 bridgehead atoms. The van der Waals surface area contributed by atoms with Crippen molar-refractivity contribution in [1.29, 1.82) is 0 Å². The molecule has 4 rings (SSSR count). The fourth-order valence-corrected chi connectivity index (χ4v) is 5.63. The van der Waals surface area contributed by atoms with Gasteiger partial charge in [0.25, 0.3) is 11.7 Å². The number of likely N-dealkylation sites (tertiary alicyclic amines) is 1. The Morgan fingerprint density at radius 1 is 0.980 bits per heavy atom. The summed E-state index contributed by atoms with van der Waals surface area (Å²) in [5.41, 5.74) is -0.238. The second kappa shape index (κ2) is 15.9. The summed E-state index contributed by atoms with van der Waals surface area (Å²) in [5.74, 6) is -2.34. The molecule has 1 saturated heterocycles. The van der Waals surface area contributed by atoms with Gasteiger partial charge in [0, 0.05) is 32.7 Å². The zero-order chi connectivity index (χ0) is 37.7. The topological polar surface area (TPSA) is 143 Å². The number of halogens is 2. The van der Waals surface area contributed by atoms with E-state index >= 15 is 0 Å². The van der Waals surface area contributed by atoms with Crippen LogP contribution < -0.4 is 5.32 Å². The average molecular weight is 711 g/mol. The monoisotopic (exact) mass is 710 g/mol. The number of carbonyl (C=O) groups is 4. The van der Waals surface area contributed by atoms with E-state index in [9.17, 15) is 28.0 Å². The normalized spacial score (nSPS) is 16.0. The maximum absolute atomic E-state index is 14.3. The molecule has 276 valence electrons. The lowest BCUT2D eigenvalue weighted by atomic mass is 9.85. The Morgan fingerprint density at radius 2 is 1.59 bits per heavy atom. The van der Waals surface area contributed by atoms with E-state index in [0.717, 1.165) is 10.4 Å². The molecule has 0 unspecified atom stereocenters. The van der Waals surface area contributed by atoms with Crippen LogP contribution in [0.4, 0.5) is 13.6 Å². The molecule has 0 aliphatic carbocycles. The number of amides is 4. The summed E-state index contributed by atoms with van der Waals surface area (Å²) in [6.07, 6.45) is 1.01. The third-order valence-electron chi connectivity index (χ3n) is 8.67. The van der Waals surface area contributed by atoms with Gasteiger partial charge in [-0.15, -0.1) is 15.0 Å². The van der Waals surface area contributed by atoms with E-state index in [4.69, 9.17) is 4.74 Å². The lowest BCUT2D eigenvalue weighted by molar-refractivity contribution is -0.141. The van der Waals surface area contributed by atoms with Gasteiger partial charge >= 0.3 is 6.09 Å². The molecule has 3 atom stereocenters. The molecule has 13 nitrogen and oxygen atoms in total. The maximum atomic E-state index is 14.3. The van der Waals surface area contributed by atoms with E-state index in [2.05, 4.69) is 20.7 Å². The lowest BCUT2D eigenvalue weighted by Gasteiger charge is -2.38. The first-order valence-corrected chi connectivity index (χ1v) is 17.0. The molecule has 1 aliphatic rings. The summed E-state index contributed by atoms with van der Waals surface area (Å²) in [6.45, 7) is 13.1.